The molecule has 0 saturated carbocycles. The number of hydrogen-bond donors (Lipinski definition) is 2. The molecule has 2 aromatic rings. The zero-order valence-corrected chi connectivity index (χ0v) is 12.3. The standard InChI is InChI=1S/C18H18N4/c19-11-13-4-6-14(7-5-13)12-21-18(20)22-17-9-8-15-2-1-3-16(15)10-17/h4-10H,1-3,12H2,(H3,20,21,22). The topological polar surface area (TPSA) is 74.2 Å². The van der Waals surface area contributed by atoms with E-state index < -0.39 is 0 Å². The summed E-state index contributed by atoms with van der Waals surface area (Å²) in [6, 6.07) is 15.8. The number of guanidine groups is 1. The molecule has 3 N–H and O–H groups in total. The van der Waals surface area contributed by atoms with Crippen molar-refractivity contribution < 1.29 is 0 Å². The van der Waals surface area contributed by atoms with Crippen molar-refractivity contribution in [3.63, 3.8) is 0 Å². The predicted octanol–water partition coefficient (Wildman–Crippen LogP) is 2.97. The van der Waals surface area contributed by atoms with Gasteiger partial charge in [0.1, 0.15) is 0 Å². The molecule has 0 amide bonds. The van der Waals surface area contributed by atoms with Gasteiger partial charge in [-0.2, -0.15) is 5.26 Å². The number of aliphatic imine (C=N–C) groups is 1. The van der Waals surface area contributed by atoms with Crippen LogP contribution in [-0.2, 0) is 19.4 Å². The molecule has 0 saturated heterocycles. The number of nitrogens with one attached hydrogen (secondary N) is 1. The number of anilines is 1. The number of nitrogens with zero attached hydrogens (tertiary/aromatic N) is 2. The molecular formula is C18H18N4. The number of nitrogens with two attached hydrogens (primary N) is 1. The molecule has 0 fully saturated rings. The maximum absolute atomic E-state index is 8.77. The van der Waals surface area contributed by atoms with Crippen LogP contribution in [-0.4, -0.2) is 5.96 Å². The highest BCUT2D eigenvalue weighted by atomic mass is 15.1. The predicted molar refractivity (Wildman–Crippen MR) is 88.6 cm³/mol. The second-order valence-electron chi connectivity index (χ2n) is 5.47. The average Bonchev–Trinajstić information content (AvgIpc) is 3.01. The van der Waals surface area contributed by atoms with Gasteiger partial charge in [-0.3, -0.25) is 0 Å². The van der Waals surface area contributed by atoms with Crippen molar-refractivity contribution in [2.45, 2.75) is 25.8 Å². The summed E-state index contributed by atoms with van der Waals surface area (Å²) in [5, 5.41) is 11.9. The summed E-state index contributed by atoms with van der Waals surface area (Å²) in [5.41, 5.74) is 11.5. The van der Waals surface area contributed by atoms with Crippen molar-refractivity contribution in [1.29, 1.82) is 5.26 Å². The van der Waals surface area contributed by atoms with Crippen LogP contribution in [0.15, 0.2) is 47.5 Å². The number of fused-ring (bicyclic) bond motifs is 1. The normalized spacial score (nSPS) is 13.5. The van der Waals surface area contributed by atoms with Gasteiger partial charge in [0.05, 0.1) is 18.2 Å². The van der Waals surface area contributed by atoms with Gasteiger partial charge >= 0.3 is 0 Å². The molecule has 1 aliphatic rings. The Morgan fingerprint density at radius 3 is 2.68 bits per heavy atom. The number of benzene rings is 2. The molecular weight excluding hydrogens is 272 g/mol. The minimum Gasteiger partial charge on any atom is -0.370 e. The van der Waals surface area contributed by atoms with E-state index in [1.54, 1.807) is 12.1 Å². The van der Waals surface area contributed by atoms with Gasteiger partial charge in [0.2, 0.25) is 0 Å². The van der Waals surface area contributed by atoms with E-state index in [9.17, 15) is 0 Å². The van der Waals surface area contributed by atoms with Crippen molar-refractivity contribution in [2.75, 3.05) is 5.32 Å². The van der Waals surface area contributed by atoms with Crippen LogP contribution in [0.2, 0.25) is 0 Å². The molecule has 0 aromatic heterocycles. The Labute approximate surface area is 130 Å². The number of hydrogen-bond acceptors (Lipinski definition) is 2. The highest BCUT2D eigenvalue weighted by Gasteiger charge is 2.10. The highest BCUT2D eigenvalue weighted by molar-refractivity contribution is 5.92. The molecule has 0 unspecified atom stereocenters. The molecule has 0 spiro atoms. The molecule has 0 radical (unpaired) electrons. The molecule has 0 heterocycles. The molecule has 2 aromatic carbocycles. The Balaban J connectivity index is 1.63. The Morgan fingerprint density at radius 2 is 1.91 bits per heavy atom. The molecule has 4 heteroatoms. The van der Waals surface area contributed by atoms with E-state index in [2.05, 4.69) is 28.5 Å². The minimum atomic E-state index is 0.405. The summed E-state index contributed by atoms with van der Waals surface area (Å²) < 4.78 is 0. The third-order valence-corrected chi connectivity index (χ3v) is 3.89. The summed E-state index contributed by atoms with van der Waals surface area (Å²) in [5.74, 6) is 0.405. The lowest BCUT2D eigenvalue weighted by atomic mass is 10.1. The third-order valence-electron chi connectivity index (χ3n) is 3.89. The summed E-state index contributed by atoms with van der Waals surface area (Å²) in [6.45, 7) is 0.496. The van der Waals surface area contributed by atoms with Crippen molar-refractivity contribution in [1.82, 2.24) is 0 Å². The molecule has 0 bridgehead atoms. The van der Waals surface area contributed by atoms with Crippen molar-refractivity contribution >= 4 is 11.6 Å². The van der Waals surface area contributed by atoms with Crippen LogP contribution in [0.5, 0.6) is 0 Å². The summed E-state index contributed by atoms with van der Waals surface area (Å²) >= 11 is 0. The van der Waals surface area contributed by atoms with Gasteiger partial charge in [-0.15, -0.1) is 0 Å². The minimum absolute atomic E-state index is 0.405. The van der Waals surface area contributed by atoms with Crippen LogP contribution >= 0.6 is 0 Å². The Bertz CT molecular complexity index is 739. The second-order valence-corrected chi connectivity index (χ2v) is 5.47. The first-order valence-electron chi connectivity index (χ1n) is 7.42. The van der Waals surface area contributed by atoms with E-state index >= 15 is 0 Å². The SMILES string of the molecule is N#Cc1ccc(CN=C(N)Nc2ccc3c(c2)CCC3)cc1. The average molecular weight is 290 g/mol. The van der Waals surface area contributed by atoms with Gasteiger partial charge in [-0.1, -0.05) is 18.2 Å². The molecule has 0 atom stereocenters. The van der Waals surface area contributed by atoms with Crippen molar-refractivity contribution in [2.24, 2.45) is 10.7 Å². The van der Waals surface area contributed by atoms with E-state index in [0.29, 0.717) is 18.1 Å². The van der Waals surface area contributed by atoms with Crippen LogP contribution in [0.4, 0.5) is 5.69 Å². The fourth-order valence-electron chi connectivity index (χ4n) is 2.70. The first kappa shape index (κ1) is 14.2. The zero-order chi connectivity index (χ0) is 15.4. The first-order chi connectivity index (χ1) is 10.7. The lowest BCUT2D eigenvalue weighted by Crippen LogP contribution is -2.22. The monoisotopic (exact) mass is 290 g/mol. The van der Waals surface area contributed by atoms with E-state index in [1.165, 1.54) is 24.0 Å². The van der Waals surface area contributed by atoms with Gasteiger partial charge in [0, 0.05) is 5.69 Å². The molecule has 110 valence electrons. The van der Waals surface area contributed by atoms with E-state index in [0.717, 1.165) is 17.7 Å². The van der Waals surface area contributed by atoms with Gasteiger partial charge in [0.25, 0.3) is 0 Å². The smallest absolute Gasteiger partial charge is 0.193 e. The lowest BCUT2D eigenvalue weighted by Gasteiger charge is -2.08. The van der Waals surface area contributed by atoms with Crippen LogP contribution < -0.4 is 11.1 Å². The fraction of sp³-hybridized carbons (Fsp3) is 0.222. The van der Waals surface area contributed by atoms with Crippen molar-refractivity contribution in [3.8, 4) is 6.07 Å². The van der Waals surface area contributed by atoms with Crippen molar-refractivity contribution in [3.05, 3.63) is 64.7 Å². The van der Waals surface area contributed by atoms with Gasteiger partial charge < -0.3 is 11.1 Å². The summed E-state index contributed by atoms with van der Waals surface area (Å²) in [4.78, 5) is 4.34. The first-order valence-corrected chi connectivity index (χ1v) is 7.42. The van der Waals surface area contributed by atoms with E-state index in [1.807, 2.05) is 18.2 Å². The van der Waals surface area contributed by atoms with E-state index in [4.69, 9.17) is 11.0 Å². The maximum Gasteiger partial charge on any atom is 0.193 e. The molecule has 1 aliphatic carbocycles. The molecule has 22 heavy (non-hydrogen) atoms. The second kappa shape index (κ2) is 6.31. The van der Waals surface area contributed by atoms with Gasteiger partial charge in [-0.05, 0) is 60.2 Å². The Hall–Kier alpha value is -2.80. The zero-order valence-electron chi connectivity index (χ0n) is 12.3. The van der Waals surface area contributed by atoms with Crippen LogP contribution in [0.1, 0.15) is 28.7 Å². The fourth-order valence-corrected chi connectivity index (χ4v) is 2.70. The highest BCUT2D eigenvalue weighted by Crippen LogP contribution is 2.24. The molecule has 0 aliphatic heterocycles. The molecule has 3 rings (SSSR count). The lowest BCUT2D eigenvalue weighted by molar-refractivity contribution is 0.912. The molecule has 4 nitrogen and oxygen atoms in total. The number of nitriles is 1. The number of rotatable bonds is 3. The summed E-state index contributed by atoms with van der Waals surface area (Å²) in [7, 11) is 0. The Kier molecular flexibility index (Phi) is 4.06. The number of aryl methyl sites for hydroxylation is 2. The quantitative estimate of drug-likeness (QED) is 0.674. The Morgan fingerprint density at radius 1 is 1.14 bits per heavy atom. The largest absolute Gasteiger partial charge is 0.370 e. The van der Waals surface area contributed by atoms with Crippen LogP contribution in [0.3, 0.4) is 0 Å². The van der Waals surface area contributed by atoms with Gasteiger partial charge in [0.15, 0.2) is 5.96 Å². The van der Waals surface area contributed by atoms with E-state index in [-0.39, 0.29) is 0 Å². The maximum atomic E-state index is 8.77. The van der Waals surface area contributed by atoms with Crippen LogP contribution in [0.25, 0.3) is 0 Å². The van der Waals surface area contributed by atoms with Gasteiger partial charge in [-0.25, -0.2) is 4.99 Å². The van der Waals surface area contributed by atoms with Crippen LogP contribution in [0, 0.1) is 11.3 Å². The third kappa shape index (κ3) is 3.26. The summed E-state index contributed by atoms with van der Waals surface area (Å²) in [6.07, 6.45) is 3.56.